The number of carbonyl (C=O) groups excluding carboxylic acids is 1. The number of amides is 1. The number of nitrogens with one attached hydrogen (secondary N) is 1. The van der Waals surface area contributed by atoms with E-state index in [-0.39, 0.29) is 12.0 Å². The second-order valence-corrected chi connectivity index (χ2v) is 6.25. The van der Waals surface area contributed by atoms with Crippen molar-refractivity contribution in [2.45, 2.75) is 18.9 Å². The molecule has 1 aliphatic heterocycles. The van der Waals surface area contributed by atoms with Gasteiger partial charge in [-0.1, -0.05) is 0 Å². The van der Waals surface area contributed by atoms with Crippen LogP contribution in [0, 0.1) is 0 Å². The number of thiazole rings is 1. The van der Waals surface area contributed by atoms with Crippen LogP contribution in [0.4, 0.5) is 5.82 Å². The van der Waals surface area contributed by atoms with E-state index in [0.29, 0.717) is 11.5 Å². The van der Waals surface area contributed by atoms with Crippen LogP contribution in [-0.2, 0) is 4.74 Å². The molecular weight excluding hydrogens is 326 g/mol. The van der Waals surface area contributed by atoms with Crippen molar-refractivity contribution >= 4 is 23.1 Å². The van der Waals surface area contributed by atoms with Gasteiger partial charge in [-0.25, -0.2) is 9.67 Å². The molecule has 0 radical (unpaired) electrons. The van der Waals surface area contributed by atoms with Gasteiger partial charge in [0.05, 0.1) is 11.9 Å². The maximum Gasteiger partial charge on any atom is 0.276 e. The van der Waals surface area contributed by atoms with E-state index < -0.39 is 0 Å². The van der Waals surface area contributed by atoms with E-state index in [2.05, 4.69) is 20.4 Å². The molecule has 3 aromatic heterocycles. The number of nitrogens with zero attached hydrogens (tertiary/aromatic N) is 4. The number of hydrogen-bond acceptors (Lipinski definition) is 6. The van der Waals surface area contributed by atoms with Crippen LogP contribution in [0.2, 0.25) is 0 Å². The minimum Gasteiger partial charge on any atom is -0.371 e. The minimum atomic E-state index is -0.258. The summed E-state index contributed by atoms with van der Waals surface area (Å²) in [5.41, 5.74) is 1.22. The van der Waals surface area contributed by atoms with E-state index in [0.717, 1.165) is 30.1 Å². The molecule has 0 bridgehead atoms. The summed E-state index contributed by atoms with van der Waals surface area (Å²) in [5.74, 6) is 0.323. The molecule has 0 spiro atoms. The topological polar surface area (TPSA) is 81.9 Å². The molecule has 1 atom stereocenters. The van der Waals surface area contributed by atoms with Gasteiger partial charge in [0.15, 0.2) is 0 Å². The molecule has 0 saturated carbocycles. The van der Waals surface area contributed by atoms with Crippen molar-refractivity contribution < 1.29 is 9.53 Å². The fraction of sp³-hybridized carbons (Fsp3) is 0.250. The third-order valence-electron chi connectivity index (χ3n) is 3.75. The Labute approximate surface area is 142 Å². The Bertz CT molecular complexity index is 839. The zero-order valence-electron chi connectivity index (χ0n) is 12.8. The molecule has 1 amide bonds. The Hall–Kier alpha value is -2.58. The summed E-state index contributed by atoms with van der Waals surface area (Å²) in [6.45, 7) is 0.761. The summed E-state index contributed by atoms with van der Waals surface area (Å²) in [7, 11) is 0. The highest BCUT2D eigenvalue weighted by atomic mass is 32.1. The standard InChI is InChI=1S/C16H15N5O2S/c22-15(12-10-24-16(19-12)13-2-1-9-23-13)20-14-5-8-18-21(14)11-3-6-17-7-4-11/h3-8,10,13H,1-2,9H2,(H,20,22). The van der Waals surface area contributed by atoms with Gasteiger partial charge in [0, 0.05) is 30.4 Å². The lowest BCUT2D eigenvalue weighted by molar-refractivity contribution is 0.101. The van der Waals surface area contributed by atoms with Gasteiger partial charge in [-0.3, -0.25) is 9.78 Å². The molecule has 8 heteroatoms. The minimum absolute atomic E-state index is 0.0268. The van der Waals surface area contributed by atoms with Gasteiger partial charge >= 0.3 is 0 Å². The molecule has 122 valence electrons. The average Bonchev–Trinajstić information content (AvgIpc) is 3.36. The summed E-state index contributed by atoms with van der Waals surface area (Å²) in [6, 6.07) is 5.38. The van der Waals surface area contributed by atoms with Crippen molar-refractivity contribution in [3.63, 3.8) is 0 Å². The van der Waals surface area contributed by atoms with Crippen LogP contribution < -0.4 is 5.32 Å². The number of ether oxygens (including phenoxy) is 1. The summed E-state index contributed by atoms with van der Waals surface area (Å²) in [6.07, 6.45) is 7.02. The first-order valence-electron chi connectivity index (χ1n) is 7.64. The zero-order chi connectivity index (χ0) is 16.4. The molecule has 0 aliphatic carbocycles. The Kier molecular flexibility index (Phi) is 4.06. The normalized spacial score (nSPS) is 17.1. The van der Waals surface area contributed by atoms with Crippen LogP contribution in [0.3, 0.4) is 0 Å². The lowest BCUT2D eigenvalue weighted by Gasteiger charge is -2.07. The van der Waals surface area contributed by atoms with E-state index in [1.807, 2.05) is 12.1 Å². The number of carbonyl (C=O) groups is 1. The first kappa shape index (κ1) is 15.0. The summed E-state index contributed by atoms with van der Waals surface area (Å²) in [5, 5.41) is 9.72. The number of anilines is 1. The van der Waals surface area contributed by atoms with Gasteiger partial charge < -0.3 is 10.1 Å². The number of hydrogen-bond donors (Lipinski definition) is 1. The van der Waals surface area contributed by atoms with Crippen LogP contribution in [0.25, 0.3) is 5.69 Å². The monoisotopic (exact) mass is 341 g/mol. The Morgan fingerprint density at radius 3 is 2.96 bits per heavy atom. The summed E-state index contributed by atoms with van der Waals surface area (Å²) >= 11 is 1.46. The Balaban J connectivity index is 1.52. The fourth-order valence-electron chi connectivity index (χ4n) is 2.58. The molecule has 0 aromatic carbocycles. The smallest absolute Gasteiger partial charge is 0.276 e. The predicted octanol–water partition coefficient (Wildman–Crippen LogP) is 2.83. The largest absolute Gasteiger partial charge is 0.371 e. The third-order valence-corrected chi connectivity index (χ3v) is 4.69. The van der Waals surface area contributed by atoms with E-state index in [1.165, 1.54) is 11.3 Å². The van der Waals surface area contributed by atoms with Crippen molar-refractivity contribution in [2.24, 2.45) is 0 Å². The number of aromatic nitrogens is 4. The van der Waals surface area contributed by atoms with E-state index >= 15 is 0 Å². The molecular formula is C16H15N5O2S. The first-order chi connectivity index (χ1) is 11.8. The summed E-state index contributed by atoms with van der Waals surface area (Å²) in [4.78, 5) is 20.9. The van der Waals surface area contributed by atoms with Crippen LogP contribution in [0.15, 0.2) is 42.2 Å². The van der Waals surface area contributed by atoms with Crippen LogP contribution in [0.5, 0.6) is 0 Å². The van der Waals surface area contributed by atoms with Crippen LogP contribution >= 0.6 is 11.3 Å². The van der Waals surface area contributed by atoms with Crippen LogP contribution in [0.1, 0.15) is 34.4 Å². The Morgan fingerprint density at radius 2 is 2.17 bits per heavy atom. The lowest BCUT2D eigenvalue weighted by atomic mass is 10.2. The first-order valence-corrected chi connectivity index (χ1v) is 8.52. The van der Waals surface area contributed by atoms with Crippen molar-refractivity contribution in [3.8, 4) is 5.69 Å². The molecule has 1 fully saturated rings. The van der Waals surface area contributed by atoms with Crippen molar-refractivity contribution in [2.75, 3.05) is 11.9 Å². The maximum atomic E-state index is 12.5. The third kappa shape index (κ3) is 2.93. The van der Waals surface area contributed by atoms with Crippen molar-refractivity contribution in [3.05, 3.63) is 52.9 Å². The quantitative estimate of drug-likeness (QED) is 0.789. The predicted molar refractivity (Wildman–Crippen MR) is 89.4 cm³/mol. The van der Waals surface area contributed by atoms with Gasteiger partial charge in [-0.05, 0) is 25.0 Å². The van der Waals surface area contributed by atoms with E-state index in [9.17, 15) is 4.79 Å². The molecule has 3 aromatic rings. The second-order valence-electron chi connectivity index (χ2n) is 5.36. The molecule has 1 aliphatic rings. The average molecular weight is 341 g/mol. The fourth-order valence-corrected chi connectivity index (χ4v) is 3.46. The summed E-state index contributed by atoms with van der Waals surface area (Å²) < 4.78 is 7.26. The number of rotatable bonds is 4. The molecule has 1 saturated heterocycles. The second kappa shape index (κ2) is 6.50. The Morgan fingerprint density at radius 1 is 1.29 bits per heavy atom. The zero-order valence-corrected chi connectivity index (χ0v) is 13.6. The van der Waals surface area contributed by atoms with Crippen LogP contribution in [-0.4, -0.2) is 32.3 Å². The van der Waals surface area contributed by atoms with Gasteiger partial charge in [0.25, 0.3) is 5.91 Å². The molecule has 7 nitrogen and oxygen atoms in total. The SMILES string of the molecule is O=C(Nc1ccnn1-c1ccncc1)c1csc(C2CCCO2)n1. The van der Waals surface area contributed by atoms with Crippen molar-refractivity contribution in [1.82, 2.24) is 19.7 Å². The molecule has 4 rings (SSSR count). The number of pyridine rings is 1. The highest BCUT2D eigenvalue weighted by Gasteiger charge is 2.22. The molecule has 1 unspecified atom stereocenters. The highest BCUT2D eigenvalue weighted by molar-refractivity contribution is 7.09. The van der Waals surface area contributed by atoms with E-state index in [4.69, 9.17) is 4.74 Å². The molecule has 4 heterocycles. The van der Waals surface area contributed by atoms with Gasteiger partial charge in [0.1, 0.15) is 22.6 Å². The highest BCUT2D eigenvalue weighted by Crippen LogP contribution is 2.30. The van der Waals surface area contributed by atoms with Crippen molar-refractivity contribution in [1.29, 1.82) is 0 Å². The molecule has 24 heavy (non-hydrogen) atoms. The van der Waals surface area contributed by atoms with Gasteiger partial charge in [0.2, 0.25) is 0 Å². The lowest BCUT2D eigenvalue weighted by Crippen LogP contribution is -2.15. The van der Waals surface area contributed by atoms with E-state index in [1.54, 1.807) is 34.7 Å². The van der Waals surface area contributed by atoms with Gasteiger partial charge in [-0.15, -0.1) is 11.3 Å². The molecule has 1 N–H and O–H groups in total. The van der Waals surface area contributed by atoms with Gasteiger partial charge in [-0.2, -0.15) is 5.10 Å². The maximum absolute atomic E-state index is 12.5.